The zero-order valence-corrected chi connectivity index (χ0v) is 12.9. The van der Waals surface area contributed by atoms with Crippen molar-refractivity contribution in [2.24, 2.45) is 5.92 Å². The molecule has 1 fully saturated rings. The number of thioether (sulfide) groups is 1. The van der Waals surface area contributed by atoms with Gasteiger partial charge in [-0.05, 0) is 31.9 Å². The van der Waals surface area contributed by atoms with Crippen molar-refractivity contribution >= 4 is 23.4 Å². The van der Waals surface area contributed by atoms with Crippen molar-refractivity contribution < 1.29 is 0 Å². The summed E-state index contributed by atoms with van der Waals surface area (Å²) < 4.78 is 0. The maximum atomic E-state index is 4.56. The molecule has 0 spiro atoms. The molecule has 0 amide bonds. The van der Waals surface area contributed by atoms with E-state index in [0.717, 1.165) is 29.3 Å². The second kappa shape index (κ2) is 6.98. The van der Waals surface area contributed by atoms with Gasteiger partial charge in [0, 0.05) is 18.7 Å². The Bertz CT molecular complexity index is 410. The Hall–Kier alpha value is -0.970. The fourth-order valence-corrected chi connectivity index (χ4v) is 2.96. The summed E-state index contributed by atoms with van der Waals surface area (Å²) in [5.41, 5.74) is 0. The van der Waals surface area contributed by atoms with Crippen LogP contribution in [0.25, 0.3) is 0 Å². The van der Waals surface area contributed by atoms with E-state index in [4.69, 9.17) is 0 Å². The molecular formula is C14H24N4S. The van der Waals surface area contributed by atoms with E-state index in [1.54, 1.807) is 11.8 Å². The van der Waals surface area contributed by atoms with Gasteiger partial charge >= 0.3 is 0 Å². The average Bonchev–Trinajstić information content (AvgIpc) is 2.41. The molecule has 1 aliphatic rings. The Morgan fingerprint density at radius 2 is 2.00 bits per heavy atom. The first kappa shape index (κ1) is 14.4. The molecule has 0 saturated heterocycles. The van der Waals surface area contributed by atoms with Crippen LogP contribution in [0.2, 0.25) is 0 Å². The molecule has 1 aromatic heterocycles. The fourth-order valence-electron chi connectivity index (χ4n) is 2.58. The summed E-state index contributed by atoms with van der Waals surface area (Å²) in [5.74, 6) is 2.59. The average molecular weight is 280 g/mol. The van der Waals surface area contributed by atoms with Gasteiger partial charge in [-0.25, -0.2) is 9.97 Å². The molecule has 2 unspecified atom stereocenters. The molecule has 0 aliphatic heterocycles. The number of hydrogen-bond donors (Lipinski definition) is 2. The maximum Gasteiger partial charge on any atom is 0.191 e. The molecule has 1 aromatic rings. The highest BCUT2D eigenvalue weighted by atomic mass is 32.2. The molecule has 19 heavy (non-hydrogen) atoms. The minimum atomic E-state index is 0.549. The van der Waals surface area contributed by atoms with Crippen molar-refractivity contribution in [3.63, 3.8) is 0 Å². The van der Waals surface area contributed by atoms with E-state index in [1.165, 1.54) is 25.7 Å². The molecule has 2 N–H and O–H groups in total. The summed E-state index contributed by atoms with van der Waals surface area (Å²) >= 11 is 1.58. The van der Waals surface area contributed by atoms with E-state index in [0.29, 0.717) is 6.04 Å². The molecule has 2 atom stereocenters. The van der Waals surface area contributed by atoms with Gasteiger partial charge in [0.15, 0.2) is 5.16 Å². The van der Waals surface area contributed by atoms with Crippen LogP contribution >= 0.6 is 11.8 Å². The highest BCUT2D eigenvalue weighted by molar-refractivity contribution is 7.98. The summed E-state index contributed by atoms with van der Waals surface area (Å²) in [4.78, 5) is 9.02. The summed E-state index contributed by atoms with van der Waals surface area (Å²) in [7, 11) is 0. The zero-order valence-electron chi connectivity index (χ0n) is 12.1. The maximum absolute atomic E-state index is 4.56. The number of rotatable bonds is 5. The van der Waals surface area contributed by atoms with Gasteiger partial charge < -0.3 is 10.6 Å². The topological polar surface area (TPSA) is 49.8 Å². The van der Waals surface area contributed by atoms with Crippen LogP contribution in [0.5, 0.6) is 0 Å². The Labute approximate surface area is 120 Å². The van der Waals surface area contributed by atoms with Crippen LogP contribution < -0.4 is 10.6 Å². The van der Waals surface area contributed by atoms with Crippen molar-refractivity contribution in [1.29, 1.82) is 0 Å². The van der Waals surface area contributed by atoms with Gasteiger partial charge in [0.1, 0.15) is 11.6 Å². The monoisotopic (exact) mass is 280 g/mol. The van der Waals surface area contributed by atoms with Gasteiger partial charge in [-0.15, -0.1) is 0 Å². The van der Waals surface area contributed by atoms with E-state index in [9.17, 15) is 0 Å². The highest BCUT2D eigenvalue weighted by Crippen LogP contribution is 2.27. The number of nitrogens with zero attached hydrogens (tertiary/aromatic N) is 2. The molecule has 5 heteroatoms. The Kier molecular flexibility index (Phi) is 5.31. The number of nitrogens with one attached hydrogen (secondary N) is 2. The van der Waals surface area contributed by atoms with E-state index >= 15 is 0 Å². The molecule has 0 aromatic carbocycles. The lowest BCUT2D eigenvalue weighted by atomic mass is 9.86. The molecule has 1 heterocycles. The molecular weight excluding hydrogens is 256 g/mol. The van der Waals surface area contributed by atoms with Crippen LogP contribution in [0, 0.1) is 5.92 Å². The van der Waals surface area contributed by atoms with Crippen molar-refractivity contribution in [3.8, 4) is 0 Å². The second-order valence-electron chi connectivity index (χ2n) is 5.17. The lowest BCUT2D eigenvalue weighted by molar-refractivity contribution is 0.349. The van der Waals surface area contributed by atoms with Gasteiger partial charge in [0.25, 0.3) is 0 Å². The van der Waals surface area contributed by atoms with Gasteiger partial charge in [-0.2, -0.15) is 0 Å². The predicted molar refractivity (Wildman–Crippen MR) is 83.0 cm³/mol. The molecule has 1 aliphatic carbocycles. The van der Waals surface area contributed by atoms with Crippen molar-refractivity contribution in [2.45, 2.75) is 50.7 Å². The second-order valence-corrected chi connectivity index (χ2v) is 5.94. The predicted octanol–water partition coefficient (Wildman–Crippen LogP) is 3.62. The third kappa shape index (κ3) is 4.00. The first-order valence-corrected chi connectivity index (χ1v) is 8.39. The van der Waals surface area contributed by atoms with E-state index in [1.807, 2.05) is 12.3 Å². The Balaban J connectivity index is 2.11. The normalized spacial score (nSPS) is 23.1. The first-order chi connectivity index (χ1) is 9.22. The lowest BCUT2D eigenvalue weighted by Gasteiger charge is -2.30. The zero-order chi connectivity index (χ0) is 13.7. The lowest BCUT2D eigenvalue weighted by Crippen LogP contribution is -2.30. The van der Waals surface area contributed by atoms with Crippen LogP contribution in [0.3, 0.4) is 0 Å². The molecule has 1 saturated carbocycles. The van der Waals surface area contributed by atoms with E-state index in [2.05, 4.69) is 34.4 Å². The van der Waals surface area contributed by atoms with Gasteiger partial charge in [0.05, 0.1) is 0 Å². The van der Waals surface area contributed by atoms with Crippen LogP contribution in [-0.2, 0) is 0 Å². The molecule has 2 rings (SSSR count). The SMILES string of the molecule is CCNc1cc(NC2CCCCC2C)nc(SC)n1. The Morgan fingerprint density at radius 1 is 1.26 bits per heavy atom. The molecule has 4 nitrogen and oxygen atoms in total. The molecule has 106 valence electrons. The van der Waals surface area contributed by atoms with Gasteiger partial charge in [0.2, 0.25) is 0 Å². The summed E-state index contributed by atoms with van der Waals surface area (Å²) in [6.07, 6.45) is 7.26. The minimum Gasteiger partial charge on any atom is -0.370 e. The highest BCUT2D eigenvalue weighted by Gasteiger charge is 2.21. The van der Waals surface area contributed by atoms with Crippen LogP contribution in [0.15, 0.2) is 11.2 Å². The number of aromatic nitrogens is 2. The summed E-state index contributed by atoms with van der Waals surface area (Å²) in [6, 6.07) is 2.57. The number of anilines is 2. The minimum absolute atomic E-state index is 0.549. The molecule has 0 radical (unpaired) electrons. The van der Waals surface area contributed by atoms with Crippen molar-refractivity contribution in [3.05, 3.63) is 6.07 Å². The quantitative estimate of drug-likeness (QED) is 0.637. The van der Waals surface area contributed by atoms with E-state index in [-0.39, 0.29) is 0 Å². The fraction of sp³-hybridized carbons (Fsp3) is 0.714. The van der Waals surface area contributed by atoms with Gasteiger partial charge in [-0.1, -0.05) is 31.5 Å². The third-order valence-electron chi connectivity index (χ3n) is 3.69. The first-order valence-electron chi connectivity index (χ1n) is 7.16. The van der Waals surface area contributed by atoms with Crippen molar-refractivity contribution in [2.75, 3.05) is 23.4 Å². The van der Waals surface area contributed by atoms with Crippen LogP contribution in [-0.4, -0.2) is 28.8 Å². The van der Waals surface area contributed by atoms with Crippen LogP contribution in [0.1, 0.15) is 39.5 Å². The smallest absolute Gasteiger partial charge is 0.191 e. The van der Waals surface area contributed by atoms with Crippen LogP contribution in [0.4, 0.5) is 11.6 Å². The summed E-state index contributed by atoms with van der Waals surface area (Å²) in [6.45, 7) is 5.29. The molecule has 0 bridgehead atoms. The number of hydrogen-bond acceptors (Lipinski definition) is 5. The van der Waals surface area contributed by atoms with Gasteiger partial charge in [-0.3, -0.25) is 0 Å². The standard InChI is InChI=1S/C14H24N4S/c1-4-15-12-9-13(18-14(17-12)19-3)16-11-8-6-5-7-10(11)2/h9-11H,4-8H2,1-3H3,(H2,15,16,17,18). The Morgan fingerprint density at radius 3 is 2.68 bits per heavy atom. The summed E-state index contributed by atoms with van der Waals surface area (Å²) in [5, 5.41) is 7.69. The van der Waals surface area contributed by atoms with E-state index < -0.39 is 0 Å². The third-order valence-corrected chi connectivity index (χ3v) is 4.24. The largest absolute Gasteiger partial charge is 0.370 e. The van der Waals surface area contributed by atoms with Crippen molar-refractivity contribution in [1.82, 2.24) is 9.97 Å².